The molecule has 0 heterocycles. The minimum absolute atomic E-state index is 0.0964. The summed E-state index contributed by atoms with van der Waals surface area (Å²) in [5, 5.41) is 0. The van der Waals surface area contributed by atoms with Crippen LogP contribution >= 0.6 is 0 Å². The standard InChI is InChI=1S/C16H24O3/c1-5-6-7-12-18-15(17)19-14-10-8-13(9-11-14)16(2,3)4/h8-11H,5-7,12H2,1-4H3. The first-order chi connectivity index (χ1) is 8.93. The lowest BCUT2D eigenvalue weighted by Gasteiger charge is -2.18. The molecule has 0 amide bonds. The molecule has 0 fully saturated rings. The van der Waals surface area contributed by atoms with E-state index >= 15 is 0 Å². The Morgan fingerprint density at radius 2 is 1.74 bits per heavy atom. The average Bonchev–Trinajstić information content (AvgIpc) is 2.34. The summed E-state index contributed by atoms with van der Waals surface area (Å²) in [6.45, 7) is 8.96. The Hall–Kier alpha value is -1.51. The first kappa shape index (κ1) is 15.5. The van der Waals surface area contributed by atoms with E-state index in [0.29, 0.717) is 12.4 Å². The highest BCUT2D eigenvalue weighted by atomic mass is 16.7. The first-order valence-electron chi connectivity index (χ1n) is 6.88. The molecule has 0 saturated carbocycles. The van der Waals surface area contributed by atoms with Crippen molar-refractivity contribution in [1.82, 2.24) is 0 Å². The van der Waals surface area contributed by atoms with E-state index in [1.54, 1.807) is 12.1 Å². The normalized spacial score (nSPS) is 11.2. The van der Waals surface area contributed by atoms with Gasteiger partial charge in [0, 0.05) is 0 Å². The van der Waals surface area contributed by atoms with E-state index in [0.717, 1.165) is 19.3 Å². The van der Waals surface area contributed by atoms with Crippen molar-refractivity contribution in [1.29, 1.82) is 0 Å². The van der Waals surface area contributed by atoms with Gasteiger partial charge in [-0.15, -0.1) is 0 Å². The molecule has 0 bridgehead atoms. The van der Waals surface area contributed by atoms with Crippen LogP contribution in [-0.2, 0) is 10.2 Å². The summed E-state index contributed by atoms with van der Waals surface area (Å²) in [5.74, 6) is 0.522. The van der Waals surface area contributed by atoms with Crippen molar-refractivity contribution in [2.75, 3.05) is 6.61 Å². The molecule has 0 unspecified atom stereocenters. The Morgan fingerprint density at radius 3 is 2.26 bits per heavy atom. The van der Waals surface area contributed by atoms with E-state index in [4.69, 9.17) is 9.47 Å². The fourth-order valence-electron chi connectivity index (χ4n) is 1.66. The zero-order valence-electron chi connectivity index (χ0n) is 12.4. The first-order valence-corrected chi connectivity index (χ1v) is 6.88. The summed E-state index contributed by atoms with van der Waals surface area (Å²) in [5.41, 5.74) is 1.30. The third kappa shape index (κ3) is 5.77. The Morgan fingerprint density at radius 1 is 1.11 bits per heavy atom. The minimum Gasteiger partial charge on any atom is -0.434 e. The highest BCUT2D eigenvalue weighted by Crippen LogP contribution is 2.24. The van der Waals surface area contributed by atoms with Crippen LogP contribution in [0.1, 0.15) is 52.5 Å². The van der Waals surface area contributed by atoms with Gasteiger partial charge in [-0.3, -0.25) is 0 Å². The molecule has 1 aromatic rings. The van der Waals surface area contributed by atoms with E-state index in [1.165, 1.54) is 5.56 Å². The van der Waals surface area contributed by atoms with Gasteiger partial charge < -0.3 is 9.47 Å². The summed E-state index contributed by atoms with van der Waals surface area (Å²) in [7, 11) is 0. The predicted octanol–water partition coefficient (Wildman–Crippen LogP) is 4.69. The summed E-state index contributed by atoms with van der Waals surface area (Å²) < 4.78 is 10.1. The number of hydrogen-bond acceptors (Lipinski definition) is 3. The highest BCUT2D eigenvalue weighted by molar-refractivity contribution is 5.63. The maximum atomic E-state index is 11.4. The smallest absolute Gasteiger partial charge is 0.434 e. The highest BCUT2D eigenvalue weighted by Gasteiger charge is 2.13. The van der Waals surface area contributed by atoms with Crippen LogP contribution in [0.3, 0.4) is 0 Å². The molecule has 19 heavy (non-hydrogen) atoms. The lowest BCUT2D eigenvalue weighted by Crippen LogP contribution is -2.13. The van der Waals surface area contributed by atoms with Crippen LogP contribution in [0.2, 0.25) is 0 Å². The Labute approximate surface area is 115 Å². The third-order valence-corrected chi connectivity index (χ3v) is 2.89. The summed E-state index contributed by atoms with van der Waals surface area (Å²) in [6.07, 6.45) is 2.43. The van der Waals surface area contributed by atoms with Gasteiger partial charge in [0.25, 0.3) is 0 Å². The van der Waals surface area contributed by atoms with Crippen molar-refractivity contribution < 1.29 is 14.3 Å². The van der Waals surface area contributed by atoms with Gasteiger partial charge in [0.05, 0.1) is 6.61 Å². The van der Waals surface area contributed by atoms with Crippen molar-refractivity contribution in [3.63, 3.8) is 0 Å². The maximum Gasteiger partial charge on any atom is 0.513 e. The molecule has 0 aromatic heterocycles. The molecule has 0 aliphatic rings. The molecule has 0 atom stereocenters. The molecule has 0 aliphatic heterocycles. The second-order valence-electron chi connectivity index (χ2n) is 5.68. The number of carbonyl (C=O) groups excluding carboxylic acids is 1. The third-order valence-electron chi connectivity index (χ3n) is 2.89. The van der Waals surface area contributed by atoms with E-state index in [-0.39, 0.29) is 5.41 Å². The zero-order valence-corrected chi connectivity index (χ0v) is 12.4. The molecule has 1 rings (SSSR count). The van der Waals surface area contributed by atoms with Gasteiger partial charge >= 0.3 is 6.16 Å². The molecular formula is C16H24O3. The Balaban J connectivity index is 2.43. The second kappa shape index (κ2) is 7.17. The maximum absolute atomic E-state index is 11.4. The van der Waals surface area contributed by atoms with Gasteiger partial charge in [0.15, 0.2) is 0 Å². The van der Waals surface area contributed by atoms with Crippen LogP contribution in [-0.4, -0.2) is 12.8 Å². The van der Waals surface area contributed by atoms with Crippen LogP contribution in [0.25, 0.3) is 0 Å². The van der Waals surface area contributed by atoms with Crippen LogP contribution < -0.4 is 4.74 Å². The van der Waals surface area contributed by atoms with Crippen molar-refractivity contribution >= 4 is 6.16 Å². The largest absolute Gasteiger partial charge is 0.513 e. The fraction of sp³-hybridized carbons (Fsp3) is 0.562. The Kier molecular flexibility index (Phi) is 5.87. The van der Waals surface area contributed by atoms with Crippen LogP contribution in [0, 0.1) is 0 Å². The summed E-state index contributed by atoms with van der Waals surface area (Å²) in [6, 6.07) is 7.54. The molecule has 0 aliphatic carbocycles. The number of unbranched alkanes of at least 4 members (excludes halogenated alkanes) is 2. The van der Waals surface area contributed by atoms with E-state index < -0.39 is 6.16 Å². The lowest BCUT2D eigenvalue weighted by molar-refractivity contribution is 0.0974. The quantitative estimate of drug-likeness (QED) is 0.439. The van der Waals surface area contributed by atoms with Crippen LogP contribution in [0.5, 0.6) is 5.75 Å². The topological polar surface area (TPSA) is 35.5 Å². The fourth-order valence-corrected chi connectivity index (χ4v) is 1.66. The molecule has 3 nitrogen and oxygen atoms in total. The molecule has 3 heteroatoms. The monoisotopic (exact) mass is 264 g/mol. The molecule has 106 valence electrons. The van der Waals surface area contributed by atoms with Gasteiger partial charge in [-0.2, -0.15) is 0 Å². The van der Waals surface area contributed by atoms with Crippen molar-refractivity contribution in [3.8, 4) is 5.75 Å². The van der Waals surface area contributed by atoms with E-state index in [9.17, 15) is 4.79 Å². The molecule has 1 aromatic carbocycles. The number of hydrogen-bond donors (Lipinski definition) is 0. The molecule has 0 spiro atoms. The van der Waals surface area contributed by atoms with Gasteiger partial charge in [-0.25, -0.2) is 4.79 Å². The second-order valence-corrected chi connectivity index (χ2v) is 5.68. The summed E-state index contributed by atoms with van der Waals surface area (Å²) >= 11 is 0. The van der Waals surface area contributed by atoms with Crippen LogP contribution in [0.4, 0.5) is 4.79 Å². The average molecular weight is 264 g/mol. The van der Waals surface area contributed by atoms with Gasteiger partial charge in [-0.1, -0.05) is 52.7 Å². The predicted molar refractivity (Wildman–Crippen MR) is 76.6 cm³/mol. The van der Waals surface area contributed by atoms with E-state index in [1.807, 2.05) is 12.1 Å². The molecule has 0 saturated heterocycles. The van der Waals surface area contributed by atoms with Crippen LogP contribution in [0.15, 0.2) is 24.3 Å². The number of carbonyl (C=O) groups is 1. The number of ether oxygens (including phenoxy) is 2. The molecule has 0 N–H and O–H groups in total. The molecule has 0 radical (unpaired) electrons. The van der Waals surface area contributed by atoms with Crippen molar-refractivity contribution in [2.45, 2.75) is 52.4 Å². The zero-order chi connectivity index (χ0) is 14.3. The number of benzene rings is 1. The minimum atomic E-state index is -0.625. The van der Waals surface area contributed by atoms with Gasteiger partial charge in [0.2, 0.25) is 0 Å². The van der Waals surface area contributed by atoms with E-state index in [2.05, 4.69) is 27.7 Å². The number of rotatable bonds is 5. The van der Waals surface area contributed by atoms with Gasteiger partial charge in [-0.05, 0) is 29.5 Å². The van der Waals surface area contributed by atoms with Crippen molar-refractivity contribution in [2.24, 2.45) is 0 Å². The summed E-state index contributed by atoms with van der Waals surface area (Å²) in [4.78, 5) is 11.4. The molecular weight excluding hydrogens is 240 g/mol. The SMILES string of the molecule is CCCCCOC(=O)Oc1ccc(C(C)(C)C)cc1. The lowest BCUT2D eigenvalue weighted by atomic mass is 9.87. The Bertz CT molecular complexity index is 387. The van der Waals surface area contributed by atoms with Gasteiger partial charge in [0.1, 0.15) is 5.75 Å². The van der Waals surface area contributed by atoms with Crippen molar-refractivity contribution in [3.05, 3.63) is 29.8 Å².